The third-order valence-electron chi connectivity index (χ3n) is 6.26. The summed E-state index contributed by atoms with van der Waals surface area (Å²) in [6.45, 7) is 0.0714. The fourth-order valence-electron chi connectivity index (χ4n) is 4.35. The Bertz CT molecular complexity index is 1360. The summed E-state index contributed by atoms with van der Waals surface area (Å²) in [6.07, 6.45) is -3.16. The fourth-order valence-corrected chi connectivity index (χ4v) is 4.35. The maximum absolute atomic E-state index is 13.6. The minimum absolute atomic E-state index is 0.0714. The largest absolute Gasteiger partial charge is 0.497 e. The zero-order valence-corrected chi connectivity index (χ0v) is 20.7. The van der Waals surface area contributed by atoms with Crippen LogP contribution in [0.4, 0.5) is 4.79 Å². The van der Waals surface area contributed by atoms with E-state index in [0.717, 1.165) is 5.56 Å². The van der Waals surface area contributed by atoms with Gasteiger partial charge in [0.1, 0.15) is 17.5 Å². The maximum atomic E-state index is 13.6. The van der Waals surface area contributed by atoms with Gasteiger partial charge in [0.05, 0.1) is 19.8 Å². The molecule has 0 saturated carbocycles. The number of ketones is 1. The molecule has 0 radical (unpaired) electrons. The Kier molecular flexibility index (Phi) is 7.03. The van der Waals surface area contributed by atoms with Crippen molar-refractivity contribution in [2.24, 2.45) is 0 Å². The number of carbonyl (C=O) groups is 3. The van der Waals surface area contributed by atoms with Gasteiger partial charge in [-0.05, 0) is 29.8 Å². The smallest absolute Gasteiger partial charge is 0.408 e. The highest BCUT2D eigenvalue weighted by atomic mass is 16.7. The van der Waals surface area contributed by atoms with Crippen molar-refractivity contribution in [1.82, 2.24) is 5.32 Å². The van der Waals surface area contributed by atoms with Crippen LogP contribution >= 0.6 is 0 Å². The molecule has 3 aromatic carbocycles. The Hall–Kier alpha value is -4.73. The summed E-state index contributed by atoms with van der Waals surface area (Å²) in [5.74, 6) is 0.696. The van der Waals surface area contributed by atoms with Crippen molar-refractivity contribution < 1.29 is 42.8 Å². The van der Waals surface area contributed by atoms with Crippen LogP contribution in [-0.2, 0) is 20.7 Å². The zero-order valence-electron chi connectivity index (χ0n) is 20.7. The van der Waals surface area contributed by atoms with Gasteiger partial charge < -0.3 is 33.7 Å². The monoisotopic (exact) mass is 519 g/mol. The molecule has 0 aromatic heterocycles. The van der Waals surface area contributed by atoms with Crippen LogP contribution in [0.2, 0.25) is 0 Å². The third-order valence-corrected chi connectivity index (χ3v) is 6.26. The van der Waals surface area contributed by atoms with E-state index in [0.29, 0.717) is 22.8 Å². The molecule has 1 N–H and O–H groups in total. The summed E-state index contributed by atoms with van der Waals surface area (Å²) < 4.78 is 32.8. The van der Waals surface area contributed by atoms with E-state index < -0.39 is 36.1 Å². The molecule has 38 heavy (non-hydrogen) atoms. The van der Waals surface area contributed by atoms with Crippen LogP contribution in [0.1, 0.15) is 27.6 Å². The van der Waals surface area contributed by atoms with E-state index in [1.54, 1.807) is 36.4 Å². The van der Waals surface area contributed by atoms with Gasteiger partial charge in [0.25, 0.3) is 0 Å². The van der Waals surface area contributed by atoms with Crippen LogP contribution in [0, 0.1) is 0 Å². The van der Waals surface area contributed by atoms with Crippen molar-refractivity contribution in [2.75, 3.05) is 21.0 Å². The van der Waals surface area contributed by atoms with Crippen molar-refractivity contribution in [2.45, 2.75) is 24.7 Å². The molecule has 0 fully saturated rings. The van der Waals surface area contributed by atoms with Crippen LogP contribution in [0.5, 0.6) is 23.0 Å². The normalized spacial score (nSPS) is 18.0. The minimum atomic E-state index is -1.36. The molecular weight excluding hydrogens is 494 g/mol. The summed E-state index contributed by atoms with van der Waals surface area (Å²) >= 11 is 0. The number of Topliss-reactive ketones (excluding diaryl/α,β-unsaturated/α-hetero) is 1. The number of benzene rings is 3. The average Bonchev–Trinajstić information content (AvgIpc) is 3.42. The Labute approximate surface area is 218 Å². The number of ether oxygens (including phenoxy) is 6. The Morgan fingerprint density at radius 3 is 2.53 bits per heavy atom. The Morgan fingerprint density at radius 1 is 0.974 bits per heavy atom. The zero-order chi connectivity index (χ0) is 26.6. The molecule has 10 nitrogen and oxygen atoms in total. The summed E-state index contributed by atoms with van der Waals surface area (Å²) in [4.78, 5) is 39.0. The molecule has 0 aliphatic carbocycles. The molecule has 2 aliphatic rings. The number of nitrogens with one attached hydrogen (secondary N) is 1. The molecular formula is C28H25NO9. The summed E-state index contributed by atoms with van der Waals surface area (Å²) in [7, 11) is 2.73. The van der Waals surface area contributed by atoms with E-state index in [1.807, 2.05) is 30.3 Å². The number of hydrogen-bond acceptors (Lipinski definition) is 9. The molecule has 5 rings (SSSR count). The molecule has 1 amide bonds. The lowest BCUT2D eigenvalue weighted by atomic mass is 9.93. The van der Waals surface area contributed by atoms with Crippen molar-refractivity contribution in [3.8, 4) is 23.0 Å². The number of rotatable bonds is 7. The van der Waals surface area contributed by atoms with Gasteiger partial charge in [0, 0.05) is 18.1 Å². The lowest BCUT2D eigenvalue weighted by Crippen LogP contribution is -2.47. The van der Waals surface area contributed by atoms with Crippen LogP contribution in [0.3, 0.4) is 0 Å². The molecule has 10 heteroatoms. The Morgan fingerprint density at radius 2 is 1.76 bits per heavy atom. The summed E-state index contributed by atoms with van der Waals surface area (Å²) in [5, 5.41) is 2.53. The van der Waals surface area contributed by atoms with Crippen LogP contribution in [-0.4, -0.2) is 51.0 Å². The van der Waals surface area contributed by atoms with Gasteiger partial charge >= 0.3 is 12.1 Å². The number of esters is 1. The Balaban J connectivity index is 1.42. The molecule has 3 atom stereocenters. The highest BCUT2D eigenvalue weighted by molar-refractivity contribution is 6.04. The van der Waals surface area contributed by atoms with Crippen molar-refractivity contribution in [3.63, 3.8) is 0 Å². The van der Waals surface area contributed by atoms with Crippen LogP contribution < -0.4 is 24.3 Å². The predicted molar refractivity (Wildman–Crippen MR) is 133 cm³/mol. The topological polar surface area (TPSA) is 119 Å². The number of hydrogen-bond donors (Lipinski definition) is 1. The van der Waals surface area contributed by atoms with Crippen molar-refractivity contribution in [3.05, 3.63) is 83.4 Å². The van der Waals surface area contributed by atoms with Crippen LogP contribution in [0.25, 0.3) is 0 Å². The van der Waals surface area contributed by atoms with E-state index in [9.17, 15) is 14.4 Å². The first-order valence-electron chi connectivity index (χ1n) is 11.8. The van der Waals surface area contributed by atoms with Gasteiger partial charge in [-0.2, -0.15) is 0 Å². The van der Waals surface area contributed by atoms with Gasteiger partial charge in [-0.1, -0.05) is 36.4 Å². The molecule has 0 spiro atoms. The second-order valence-electron chi connectivity index (χ2n) is 8.61. The molecule has 2 aliphatic heterocycles. The number of amides is 1. The van der Waals surface area contributed by atoms with Gasteiger partial charge in [-0.3, -0.25) is 4.79 Å². The average molecular weight is 520 g/mol. The van der Waals surface area contributed by atoms with Crippen molar-refractivity contribution >= 4 is 17.8 Å². The third kappa shape index (κ3) is 5.06. The first-order chi connectivity index (χ1) is 18.5. The number of alkyl carbamates (subject to hydrolysis) is 1. The fraction of sp³-hybridized carbons (Fsp3) is 0.250. The van der Waals surface area contributed by atoms with Gasteiger partial charge in [-0.15, -0.1) is 0 Å². The molecule has 0 saturated heterocycles. The summed E-state index contributed by atoms with van der Waals surface area (Å²) in [5.41, 5.74) is 1.57. The molecule has 0 unspecified atom stereocenters. The number of carbonyl (C=O) groups excluding carboxylic acids is 3. The molecule has 196 valence electrons. The maximum Gasteiger partial charge on any atom is 0.408 e. The molecule has 3 aromatic rings. The highest BCUT2D eigenvalue weighted by Gasteiger charge is 2.42. The van der Waals surface area contributed by atoms with Crippen molar-refractivity contribution in [1.29, 1.82) is 0 Å². The highest BCUT2D eigenvalue weighted by Crippen LogP contribution is 2.41. The lowest BCUT2D eigenvalue weighted by molar-refractivity contribution is -0.143. The minimum Gasteiger partial charge on any atom is -0.497 e. The standard InChI is InChI=1S/C28H25NO9/c1-33-18-9-10-19-22(14-18)37-25(17-8-11-21-23(13-17)36-15-35-21)26(24(19)30)38-28(32)29-20(27(31)34-2)12-16-6-4-3-5-7-16/h3-11,13-14,20,25-26H,12,15H2,1-2H3,(H,29,32)/t20-,25-,26+/m0/s1. The van der Waals surface area contributed by atoms with Gasteiger partial charge in [0.2, 0.25) is 18.7 Å². The van der Waals surface area contributed by atoms with E-state index in [4.69, 9.17) is 28.4 Å². The predicted octanol–water partition coefficient (Wildman–Crippen LogP) is 3.62. The van der Waals surface area contributed by atoms with Gasteiger partial charge in [0.15, 0.2) is 17.6 Å². The first kappa shape index (κ1) is 24.9. The second kappa shape index (κ2) is 10.7. The number of methoxy groups -OCH3 is 2. The van der Waals surface area contributed by atoms with E-state index >= 15 is 0 Å². The van der Waals surface area contributed by atoms with E-state index in [2.05, 4.69) is 5.32 Å². The molecule has 0 bridgehead atoms. The van der Waals surface area contributed by atoms with E-state index in [1.165, 1.54) is 14.2 Å². The van der Waals surface area contributed by atoms with Crippen LogP contribution in [0.15, 0.2) is 66.7 Å². The second-order valence-corrected chi connectivity index (χ2v) is 8.61. The van der Waals surface area contributed by atoms with Gasteiger partial charge in [-0.25, -0.2) is 9.59 Å². The quantitative estimate of drug-likeness (QED) is 0.467. The molecule has 2 heterocycles. The summed E-state index contributed by atoms with van der Waals surface area (Å²) in [6, 6.07) is 17.9. The number of fused-ring (bicyclic) bond motifs is 2. The first-order valence-corrected chi connectivity index (χ1v) is 11.8. The van der Waals surface area contributed by atoms with E-state index in [-0.39, 0.29) is 24.5 Å². The SMILES string of the molecule is COC(=O)[C@H](Cc1ccccc1)NC(=O)O[C@@H]1C(=O)c2ccc(OC)cc2O[C@H]1c1ccc2c(c1)OCO2. The lowest BCUT2D eigenvalue weighted by Gasteiger charge is -2.32.